The fraction of sp³-hybridized carbons (Fsp3) is 0.478. The van der Waals surface area contributed by atoms with Crippen molar-refractivity contribution in [2.75, 3.05) is 25.5 Å². The van der Waals surface area contributed by atoms with Gasteiger partial charge in [0.2, 0.25) is 10.0 Å². The van der Waals surface area contributed by atoms with Crippen LogP contribution in [-0.2, 0) is 27.6 Å². The normalized spacial score (nSPS) is 20.7. The summed E-state index contributed by atoms with van der Waals surface area (Å²) in [5, 5.41) is 13.1. The van der Waals surface area contributed by atoms with Crippen molar-refractivity contribution in [2.45, 2.75) is 50.0 Å². The average Bonchev–Trinajstić information content (AvgIpc) is 3.40. The first-order valence-electron chi connectivity index (χ1n) is 10.8. The molecule has 1 aliphatic carbocycles. The van der Waals surface area contributed by atoms with Crippen LogP contribution in [0.2, 0.25) is 0 Å². The molecule has 7 nitrogen and oxygen atoms in total. The van der Waals surface area contributed by atoms with Crippen LogP contribution < -0.4 is 5.32 Å². The number of benzene rings is 1. The van der Waals surface area contributed by atoms with Crippen LogP contribution in [0.3, 0.4) is 0 Å². The monoisotopic (exact) mass is 473 g/mol. The third-order valence-electron chi connectivity index (χ3n) is 6.16. The van der Waals surface area contributed by atoms with Crippen molar-refractivity contribution in [3.63, 3.8) is 0 Å². The molecule has 4 rings (SSSR count). The molecule has 0 unspecified atom stereocenters. The van der Waals surface area contributed by atoms with Gasteiger partial charge in [0.25, 0.3) is 5.91 Å². The van der Waals surface area contributed by atoms with Gasteiger partial charge < -0.3 is 10.1 Å². The Morgan fingerprint density at radius 3 is 2.72 bits per heavy atom. The predicted molar refractivity (Wildman–Crippen MR) is 123 cm³/mol. The fourth-order valence-corrected chi connectivity index (χ4v) is 6.82. The number of nitriles is 1. The van der Waals surface area contributed by atoms with Crippen LogP contribution >= 0.6 is 11.3 Å². The number of hydrogen-bond donors (Lipinski definition) is 1. The summed E-state index contributed by atoms with van der Waals surface area (Å²) in [4.78, 5) is 14.1. The van der Waals surface area contributed by atoms with Crippen LogP contribution in [0.25, 0.3) is 0 Å². The number of rotatable bonds is 6. The van der Waals surface area contributed by atoms with Crippen molar-refractivity contribution >= 4 is 32.3 Å². The molecule has 1 N–H and O–H groups in total. The zero-order valence-corrected chi connectivity index (χ0v) is 19.9. The summed E-state index contributed by atoms with van der Waals surface area (Å²) in [6, 6.07) is 8.15. The van der Waals surface area contributed by atoms with Gasteiger partial charge in [0.1, 0.15) is 11.1 Å². The quantitative estimate of drug-likeness (QED) is 0.688. The minimum Gasteiger partial charge on any atom is -0.377 e. The third-order valence-corrected chi connectivity index (χ3v) is 9.17. The number of sulfonamides is 1. The standard InChI is InChI=1S/C23H27N3O4S2/c1-15-5-10-19-20(13-24)23(31-21(19)12-15)25-22(27)16-6-8-18(9-7-16)32(28,29)26(2)14-17-4-3-11-30-17/h6-9,15,17H,3-5,10-12,14H2,1-2H3,(H,25,27)/t15-,17+/m1/s1. The molecule has 9 heteroatoms. The second-order valence-corrected chi connectivity index (χ2v) is 11.7. The van der Waals surface area contributed by atoms with Gasteiger partial charge in [-0.15, -0.1) is 11.3 Å². The van der Waals surface area contributed by atoms with Crippen LogP contribution in [-0.4, -0.2) is 44.9 Å². The first kappa shape index (κ1) is 22.9. The molecule has 1 saturated heterocycles. The van der Waals surface area contributed by atoms with Crippen molar-refractivity contribution < 1.29 is 17.9 Å². The lowest BCUT2D eigenvalue weighted by atomic mass is 9.88. The van der Waals surface area contributed by atoms with Gasteiger partial charge in [-0.3, -0.25) is 4.79 Å². The Bertz CT molecular complexity index is 1140. The van der Waals surface area contributed by atoms with Crippen molar-refractivity contribution in [2.24, 2.45) is 5.92 Å². The maximum Gasteiger partial charge on any atom is 0.256 e. The molecule has 1 aromatic carbocycles. The lowest BCUT2D eigenvalue weighted by molar-refractivity contribution is 0.0979. The average molecular weight is 474 g/mol. The van der Waals surface area contributed by atoms with Gasteiger partial charge >= 0.3 is 0 Å². The summed E-state index contributed by atoms with van der Waals surface area (Å²) in [6.07, 6.45) is 4.56. The van der Waals surface area contributed by atoms with E-state index in [4.69, 9.17) is 4.74 Å². The molecular formula is C23H27N3O4S2. The molecule has 2 heterocycles. The van der Waals surface area contributed by atoms with Gasteiger partial charge in [-0.25, -0.2) is 8.42 Å². The molecule has 1 aliphatic heterocycles. The van der Waals surface area contributed by atoms with E-state index >= 15 is 0 Å². The summed E-state index contributed by atoms with van der Waals surface area (Å²) < 4.78 is 32.5. The van der Waals surface area contributed by atoms with E-state index in [1.54, 1.807) is 7.05 Å². The number of carbonyl (C=O) groups is 1. The lowest BCUT2D eigenvalue weighted by Gasteiger charge is -2.20. The number of thiophene rings is 1. The number of amides is 1. The van der Waals surface area contributed by atoms with Crippen molar-refractivity contribution in [3.05, 3.63) is 45.8 Å². The van der Waals surface area contributed by atoms with Crippen LogP contribution in [0.1, 0.15) is 52.5 Å². The highest BCUT2D eigenvalue weighted by Crippen LogP contribution is 2.39. The third kappa shape index (κ3) is 4.59. The number of nitrogens with one attached hydrogen (secondary N) is 1. The summed E-state index contributed by atoms with van der Waals surface area (Å²) in [7, 11) is -2.12. The van der Waals surface area contributed by atoms with Crippen LogP contribution in [0.15, 0.2) is 29.2 Å². The number of likely N-dealkylation sites (N-methyl/N-ethyl adjacent to an activating group) is 1. The highest BCUT2D eigenvalue weighted by Gasteiger charge is 2.27. The summed E-state index contributed by atoms with van der Waals surface area (Å²) in [5.41, 5.74) is 1.95. The fourth-order valence-electron chi connectivity index (χ4n) is 4.26. The largest absolute Gasteiger partial charge is 0.377 e. The molecular weight excluding hydrogens is 446 g/mol. The Kier molecular flexibility index (Phi) is 6.67. The number of carbonyl (C=O) groups excluding carboxylic acids is 1. The first-order chi connectivity index (χ1) is 15.3. The zero-order valence-electron chi connectivity index (χ0n) is 18.3. The van der Waals surface area contributed by atoms with Gasteiger partial charge in [0.15, 0.2) is 0 Å². The smallest absolute Gasteiger partial charge is 0.256 e. The van der Waals surface area contributed by atoms with E-state index in [0.29, 0.717) is 35.2 Å². The van der Waals surface area contributed by atoms with Crippen molar-refractivity contribution in [1.29, 1.82) is 5.26 Å². The van der Waals surface area contributed by atoms with Gasteiger partial charge in [0.05, 0.1) is 16.6 Å². The van der Waals surface area contributed by atoms with Gasteiger partial charge in [-0.2, -0.15) is 9.57 Å². The highest BCUT2D eigenvalue weighted by molar-refractivity contribution is 7.89. The Labute approximate surface area is 193 Å². The number of ether oxygens (including phenoxy) is 1. The molecule has 0 radical (unpaired) electrons. The summed E-state index contributed by atoms with van der Waals surface area (Å²) in [5.74, 6) is 0.217. The van der Waals surface area contributed by atoms with E-state index in [2.05, 4.69) is 18.3 Å². The molecule has 1 amide bonds. The number of fused-ring (bicyclic) bond motifs is 1. The Morgan fingerprint density at radius 2 is 2.06 bits per heavy atom. The molecule has 1 aromatic heterocycles. The number of nitrogens with zero attached hydrogens (tertiary/aromatic N) is 2. The van der Waals surface area contributed by atoms with Crippen LogP contribution in [0.4, 0.5) is 5.00 Å². The Morgan fingerprint density at radius 1 is 1.31 bits per heavy atom. The van der Waals surface area contributed by atoms with E-state index in [-0.39, 0.29) is 16.9 Å². The number of hydrogen-bond acceptors (Lipinski definition) is 6. The molecule has 2 aliphatic rings. The van der Waals surface area contributed by atoms with E-state index < -0.39 is 10.0 Å². The maximum absolute atomic E-state index is 12.8. The van der Waals surface area contributed by atoms with Crippen molar-refractivity contribution in [3.8, 4) is 6.07 Å². The van der Waals surface area contributed by atoms with Gasteiger partial charge in [0, 0.05) is 30.6 Å². The topological polar surface area (TPSA) is 99.5 Å². The lowest BCUT2D eigenvalue weighted by Crippen LogP contribution is -2.34. The van der Waals surface area contributed by atoms with Gasteiger partial charge in [-0.05, 0) is 67.9 Å². The molecule has 0 saturated carbocycles. The zero-order chi connectivity index (χ0) is 22.9. The Hall–Kier alpha value is -2.25. The maximum atomic E-state index is 12.8. The molecule has 0 bridgehead atoms. The molecule has 0 spiro atoms. The Balaban J connectivity index is 1.47. The van der Waals surface area contributed by atoms with Crippen LogP contribution in [0.5, 0.6) is 0 Å². The highest BCUT2D eigenvalue weighted by atomic mass is 32.2. The number of anilines is 1. The predicted octanol–water partition coefficient (Wildman–Crippen LogP) is 3.80. The van der Waals surface area contributed by atoms with E-state index in [9.17, 15) is 18.5 Å². The SMILES string of the molecule is C[C@@H]1CCc2c(sc(NC(=O)c3ccc(S(=O)(=O)N(C)C[C@@H]4CCCO4)cc3)c2C#N)C1. The minimum atomic E-state index is -3.67. The summed E-state index contributed by atoms with van der Waals surface area (Å²) >= 11 is 1.47. The molecule has 32 heavy (non-hydrogen) atoms. The van der Waals surface area contributed by atoms with Crippen LogP contribution in [0, 0.1) is 17.2 Å². The second-order valence-electron chi connectivity index (χ2n) is 8.57. The first-order valence-corrected chi connectivity index (χ1v) is 13.1. The van der Waals surface area contributed by atoms with Gasteiger partial charge in [-0.1, -0.05) is 6.92 Å². The van der Waals surface area contributed by atoms with E-state index in [0.717, 1.165) is 37.7 Å². The minimum absolute atomic E-state index is 0.0752. The van der Waals surface area contributed by atoms with Crippen molar-refractivity contribution in [1.82, 2.24) is 4.31 Å². The molecule has 170 valence electrons. The molecule has 2 aromatic rings. The molecule has 2 atom stereocenters. The van der Waals surface area contributed by atoms with E-state index in [1.807, 2.05) is 0 Å². The van der Waals surface area contributed by atoms with E-state index in [1.165, 1.54) is 44.8 Å². The molecule has 1 fully saturated rings. The summed E-state index contributed by atoms with van der Waals surface area (Å²) in [6.45, 7) is 3.17. The second kappa shape index (κ2) is 9.32.